The van der Waals surface area contributed by atoms with E-state index in [9.17, 15) is 4.79 Å². The number of amides is 2. The minimum atomic E-state index is -0.282. The van der Waals surface area contributed by atoms with Crippen LogP contribution in [0.25, 0.3) is 0 Å². The SMILES string of the molecule is CCCN(CCO)C(=O)Nc1cc(Cl)cnc1Br. The highest BCUT2D eigenvalue weighted by Crippen LogP contribution is 2.23. The Kier molecular flexibility index (Phi) is 6.38. The average molecular weight is 337 g/mol. The van der Waals surface area contributed by atoms with Crippen molar-refractivity contribution < 1.29 is 9.90 Å². The summed E-state index contributed by atoms with van der Waals surface area (Å²) in [6.07, 6.45) is 2.31. The van der Waals surface area contributed by atoms with Gasteiger partial charge in [-0.15, -0.1) is 0 Å². The molecule has 2 N–H and O–H groups in total. The second kappa shape index (κ2) is 7.56. The first kappa shape index (κ1) is 15.2. The van der Waals surface area contributed by atoms with Gasteiger partial charge in [0, 0.05) is 19.3 Å². The highest BCUT2D eigenvalue weighted by atomic mass is 79.9. The van der Waals surface area contributed by atoms with E-state index in [1.54, 1.807) is 6.07 Å². The van der Waals surface area contributed by atoms with Crippen LogP contribution in [0, 0.1) is 0 Å². The number of nitrogens with one attached hydrogen (secondary N) is 1. The molecule has 1 aromatic rings. The number of hydrogen-bond acceptors (Lipinski definition) is 3. The second-order valence-electron chi connectivity index (χ2n) is 3.63. The molecule has 1 heterocycles. The molecule has 0 spiro atoms. The van der Waals surface area contributed by atoms with Gasteiger partial charge in [-0.2, -0.15) is 0 Å². The summed E-state index contributed by atoms with van der Waals surface area (Å²) >= 11 is 9.05. The van der Waals surface area contributed by atoms with Crippen molar-refractivity contribution in [2.24, 2.45) is 0 Å². The number of rotatable bonds is 5. The molecule has 0 atom stereocenters. The zero-order valence-electron chi connectivity index (χ0n) is 9.99. The number of aliphatic hydroxyl groups excluding tert-OH is 1. The number of carbonyl (C=O) groups is 1. The Morgan fingerprint density at radius 2 is 2.33 bits per heavy atom. The van der Waals surface area contributed by atoms with Crippen molar-refractivity contribution in [1.29, 1.82) is 0 Å². The van der Waals surface area contributed by atoms with Crippen LogP contribution in [-0.4, -0.2) is 40.7 Å². The van der Waals surface area contributed by atoms with Crippen LogP contribution in [-0.2, 0) is 0 Å². The summed E-state index contributed by atoms with van der Waals surface area (Å²) in [4.78, 5) is 17.5. The molecule has 18 heavy (non-hydrogen) atoms. The molecule has 7 heteroatoms. The van der Waals surface area contributed by atoms with E-state index in [-0.39, 0.29) is 12.6 Å². The first-order valence-corrected chi connectivity index (χ1v) is 6.73. The highest BCUT2D eigenvalue weighted by molar-refractivity contribution is 9.10. The summed E-state index contributed by atoms with van der Waals surface area (Å²) in [5.74, 6) is 0. The lowest BCUT2D eigenvalue weighted by Gasteiger charge is -2.21. The van der Waals surface area contributed by atoms with E-state index < -0.39 is 0 Å². The predicted octanol–water partition coefficient (Wildman–Crippen LogP) is 2.73. The van der Waals surface area contributed by atoms with Crippen LogP contribution in [0.4, 0.5) is 10.5 Å². The van der Waals surface area contributed by atoms with Crippen molar-refractivity contribution in [1.82, 2.24) is 9.88 Å². The van der Waals surface area contributed by atoms with Crippen molar-refractivity contribution >= 4 is 39.2 Å². The molecule has 0 fully saturated rings. The topological polar surface area (TPSA) is 65.5 Å². The number of aliphatic hydroxyl groups is 1. The second-order valence-corrected chi connectivity index (χ2v) is 4.82. The number of nitrogens with zero attached hydrogens (tertiary/aromatic N) is 2. The first-order valence-electron chi connectivity index (χ1n) is 5.56. The largest absolute Gasteiger partial charge is 0.395 e. The third-order valence-corrected chi connectivity index (χ3v) is 3.04. The number of anilines is 1. The van der Waals surface area contributed by atoms with Crippen LogP contribution < -0.4 is 5.32 Å². The van der Waals surface area contributed by atoms with Crippen LogP contribution in [0.2, 0.25) is 5.02 Å². The Morgan fingerprint density at radius 3 is 2.94 bits per heavy atom. The van der Waals surface area contributed by atoms with Gasteiger partial charge in [-0.3, -0.25) is 0 Å². The van der Waals surface area contributed by atoms with Gasteiger partial charge < -0.3 is 15.3 Å². The van der Waals surface area contributed by atoms with Crippen molar-refractivity contribution in [3.05, 3.63) is 21.9 Å². The summed E-state index contributed by atoms with van der Waals surface area (Å²) < 4.78 is 0.515. The molecule has 0 aliphatic rings. The molecule has 1 rings (SSSR count). The lowest BCUT2D eigenvalue weighted by molar-refractivity contribution is 0.188. The number of urea groups is 1. The van der Waals surface area contributed by atoms with E-state index in [2.05, 4.69) is 26.2 Å². The van der Waals surface area contributed by atoms with Crippen molar-refractivity contribution in [2.45, 2.75) is 13.3 Å². The van der Waals surface area contributed by atoms with Gasteiger partial charge in [0.25, 0.3) is 0 Å². The smallest absolute Gasteiger partial charge is 0.321 e. The summed E-state index contributed by atoms with van der Waals surface area (Å²) in [6.45, 7) is 2.78. The molecule has 0 aliphatic carbocycles. The quantitative estimate of drug-likeness (QED) is 0.813. The maximum absolute atomic E-state index is 12.0. The zero-order valence-corrected chi connectivity index (χ0v) is 12.3. The van der Waals surface area contributed by atoms with Crippen LogP contribution in [0.3, 0.4) is 0 Å². The van der Waals surface area contributed by atoms with E-state index in [1.165, 1.54) is 11.1 Å². The predicted molar refractivity (Wildman–Crippen MR) is 74.9 cm³/mol. The maximum atomic E-state index is 12.0. The molecule has 0 aliphatic heterocycles. The van der Waals surface area contributed by atoms with Gasteiger partial charge in [-0.05, 0) is 28.4 Å². The van der Waals surface area contributed by atoms with Gasteiger partial charge >= 0.3 is 6.03 Å². The van der Waals surface area contributed by atoms with E-state index in [1.807, 2.05) is 6.92 Å². The molecule has 0 aromatic carbocycles. The maximum Gasteiger partial charge on any atom is 0.321 e. The van der Waals surface area contributed by atoms with Crippen molar-refractivity contribution in [3.63, 3.8) is 0 Å². The molecule has 1 aromatic heterocycles. The Balaban J connectivity index is 2.75. The minimum absolute atomic E-state index is 0.0671. The molecule has 2 amide bonds. The summed E-state index contributed by atoms with van der Waals surface area (Å²) in [5.41, 5.74) is 0.506. The normalized spacial score (nSPS) is 10.2. The van der Waals surface area contributed by atoms with Crippen LogP contribution in [0.5, 0.6) is 0 Å². The van der Waals surface area contributed by atoms with Gasteiger partial charge in [-0.25, -0.2) is 9.78 Å². The lowest BCUT2D eigenvalue weighted by Crippen LogP contribution is -2.37. The molecular weight excluding hydrogens is 321 g/mol. The Bertz CT molecular complexity index is 411. The number of aromatic nitrogens is 1. The molecule has 0 radical (unpaired) electrons. The Morgan fingerprint density at radius 1 is 1.61 bits per heavy atom. The van der Waals surface area contributed by atoms with Crippen LogP contribution in [0.15, 0.2) is 16.9 Å². The molecule has 0 unspecified atom stereocenters. The van der Waals surface area contributed by atoms with Crippen LogP contribution in [0.1, 0.15) is 13.3 Å². The third kappa shape index (κ3) is 4.44. The Hall–Kier alpha value is -0.850. The van der Waals surface area contributed by atoms with Crippen molar-refractivity contribution in [2.75, 3.05) is 25.0 Å². The van der Waals surface area contributed by atoms with E-state index >= 15 is 0 Å². The Labute approximate surface area is 119 Å². The fraction of sp³-hybridized carbons (Fsp3) is 0.455. The standard InChI is InChI=1S/C11H15BrClN3O2/c1-2-3-16(4-5-17)11(18)15-9-6-8(13)7-14-10(9)12/h6-7,17H,2-5H2,1H3,(H,15,18). The summed E-state index contributed by atoms with van der Waals surface area (Å²) in [5, 5.41) is 12.1. The van der Waals surface area contributed by atoms with Gasteiger partial charge in [0.05, 0.1) is 17.3 Å². The number of carbonyl (C=O) groups excluding carboxylic acids is 1. The van der Waals surface area contributed by atoms with Gasteiger partial charge in [0.15, 0.2) is 0 Å². The summed E-state index contributed by atoms with van der Waals surface area (Å²) in [7, 11) is 0. The van der Waals surface area contributed by atoms with E-state index in [0.717, 1.165) is 6.42 Å². The molecule has 0 saturated heterocycles. The lowest BCUT2D eigenvalue weighted by atomic mass is 10.4. The minimum Gasteiger partial charge on any atom is -0.395 e. The number of hydrogen-bond donors (Lipinski definition) is 2. The monoisotopic (exact) mass is 335 g/mol. The molecule has 0 bridgehead atoms. The third-order valence-electron chi connectivity index (χ3n) is 2.20. The van der Waals surface area contributed by atoms with Gasteiger partial charge in [0.1, 0.15) is 4.60 Å². The van der Waals surface area contributed by atoms with E-state index in [0.29, 0.717) is 28.4 Å². The first-order chi connectivity index (χ1) is 8.58. The zero-order chi connectivity index (χ0) is 13.5. The molecule has 100 valence electrons. The van der Waals surface area contributed by atoms with Gasteiger partial charge in [-0.1, -0.05) is 18.5 Å². The number of pyridine rings is 1. The fourth-order valence-electron chi connectivity index (χ4n) is 1.41. The summed E-state index contributed by atoms with van der Waals surface area (Å²) in [6, 6.07) is 1.33. The van der Waals surface area contributed by atoms with E-state index in [4.69, 9.17) is 16.7 Å². The van der Waals surface area contributed by atoms with Crippen LogP contribution >= 0.6 is 27.5 Å². The molecular formula is C11H15BrClN3O2. The average Bonchev–Trinajstić information content (AvgIpc) is 2.33. The van der Waals surface area contributed by atoms with Crippen molar-refractivity contribution in [3.8, 4) is 0 Å². The molecule has 5 nitrogen and oxygen atoms in total. The van der Waals surface area contributed by atoms with Gasteiger partial charge in [0.2, 0.25) is 0 Å². The number of halogens is 2. The molecule has 0 saturated carbocycles. The highest BCUT2D eigenvalue weighted by Gasteiger charge is 2.14. The fourth-order valence-corrected chi connectivity index (χ4v) is 1.88.